The lowest BCUT2D eigenvalue weighted by molar-refractivity contribution is -0.153. The van der Waals surface area contributed by atoms with Crippen LogP contribution in [0.4, 0.5) is 0 Å². The summed E-state index contributed by atoms with van der Waals surface area (Å²) in [6.07, 6.45) is 0. The van der Waals surface area contributed by atoms with Gasteiger partial charge < -0.3 is 14.2 Å². The average molecular weight is 237 g/mol. The minimum Gasteiger partial charge on any atom is -0.477 e. The Morgan fingerprint density at radius 3 is 2.71 bits per heavy atom. The van der Waals surface area contributed by atoms with Gasteiger partial charge in [0.15, 0.2) is 0 Å². The molecule has 1 aromatic rings. The quantitative estimate of drug-likeness (QED) is 0.806. The highest BCUT2D eigenvalue weighted by Crippen LogP contribution is 2.30. The van der Waals surface area contributed by atoms with Crippen LogP contribution in [0, 0.1) is 5.92 Å². The average Bonchev–Trinajstić information content (AvgIpc) is 2.75. The largest absolute Gasteiger partial charge is 0.477 e. The smallest absolute Gasteiger partial charge is 0.213 e. The van der Waals surface area contributed by atoms with Gasteiger partial charge in [0.2, 0.25) is 11.7 Å². The van der Waals surface area contributed by atoms with Gasteiger partial charge in [-0.1, -0.05) is 19.9 Å². The van der Waals surface area contributed by atoms with Crippen LogP contribution in [-0.2, 0) is 15.3 Å². The summed E-state index contributed by atoms with van der Waals surface area (Å²) in [4.78, 5) is 4.43. The van der Waals surface area contributed by atoms with E-state index in [0.29, 0.717) is 31.6 Å². The molecule has 0 spiro atoms. The van der Waals surface area contributed by atoms with Crippen molar-refractivity contribution in [3.63, 3.8) is 0 Å². The third kappa shape index (κ3) is 2.96. The van der Waals surface area contributed by atoms with Crippen molar-refractivity contribution in [1.29, 1.82) is 0 Å². The Morgan fingerprint density at radius 1 is 1.35 bits per heavy atom. The second kappa shape index (κ2) is 5.02. The Labute approximate surface area is 102 Å². The molecule has 4 heteroatoms. The van der Waals surface area contributed by atoms with Gasteiger partial charge in [-0.2, -0.15) is 0 Å². The normalized spacial score (nSPS) is 18.6. The Bertz CT molecular complexity index is 373. The summed E-state index contributed by atoms with van der Waals surface area (Å²) in [5, 5.41) is 0. The number of hydrogen-bond acceptors (Lipinski definition) is 4. The summed E-state index contributed by atoms with van der Waals surface area (Å²) in [5.74, 6) is 0.378. The number of hydrogen-bond donors (Lipinski definition) is 0. The number of rotatable bonds is 4. The monoisotopic (exact) mass is 237 g/mol. The minimum absolute atomic E-state index is 0.482. The molecule has 0 aliphatic carbocycles. The Hall–Kier alpha value is -1.13. The molecule has 1 aromatic heterocycles. The predicted octanol–water partition coefficient (Wildman–Crippen LogP) is 2.34. The number of nitrogens with zero attached hydrogens (tertiary/aromatic N) is 1. The molecule has 1 aliphatic rings. The van der Waals surface area contributed by atoms with Crippen LogP contribution in [0.2, 0.25) is 0 Å². The van der Waals surface area contributed by atoms with Gasteiger partial charge in [0.25, 0.3) is 0 Å². The molecule has 1 aliphatic heterocycles. The first-order valence-corrected chi connectivity index (χ1v) is 5.98. The Balaban J connectivity index is 2.11. The molecule has 0 aromatic carbocycles. The van der Waals surface area contributed by atoms with Crippen molar-refractivity contribution in [3.8, 4) is 5.88 Å². The van der Waals surface area contributed by atoms with E-state index >= 15 is 0 Å². The molecule has 0 N–H and O–H groups in total. The molecule has 2 heterocycles. The number of aromatic nitrogens is 1. The zero-order chi connectivity index (χ0) is 12.3. The first-order valence-electron chi connectivity index (χ1n) is 5.98. The van der Waals surface area contributed by atoms with E-state index in [9.17, 15) is 0 Å². The predicted molar refractivity (Wildman–Crippen MR) is 63.8 cm³/mol. The lowest BCUT2D eigenvalue weighted by Crippen LogP contribution is -2.24. The molecule has 94 valence electrons. The first-order chi connectivity index (χ1) is 8.10. The SMILES string of the molecule is CC(C)COc1cccc(C2(C)OCCO2)n1. The topological polar surface area (TPSA) is 40.6 Å². The molecule has 17 heavy (non-hydrogen) atoms. The fourth-order valence-corrected chi connectivity index (χ4v) is 1.66. The van der Waals surface area contributed by atoms with Gasteiger partial charge in [0.05, 0.1) is 19.8 Å². The standard InChI is InChI=1S/C13H19NO3/c1-10(2)9-15-12-6-4-5-11(14-12)13(3)16-7-8-17-13/h4-6,10H,7-9H2,1-3H3. The van der Waals surface area contributed by atoms with E-state index in [4.69, 9.17) is 14.2 Å². The van der Waals surface area contributed by atoms with Gasteiger partial charge >= 0.3 is 0 Å². The van der Waals surface area contributed by atoms with Gasteiger partial charge in [-0.15, -0.1) is 0 Å². The van der Waals surface area contributed by atoms with Crippen molar-refractivity contribution >= 4 is 0 Å². The van der Waals surface area contributed by atoms with E-state index in [1.165, 1.54) is 0 Å². The molecular weight excluding hydrogens is 218 g/mol. The van der Waals surface area contributed by atoms with Gasteiger partial charge in [-0.05, 0) is 18.9 Å². The van der Waals surface area contributed by atoms with Crippen molar-refractivity contribution in [3.05, 3.63) is 23.9 Å². The summed E-state index contributed by atoms with van der Waals surface area (Å²) in [7, 11) is 0. The first kappa shape index (κ1) is 12.3. The van der Waals surface area contributed by atoms with E-state index in [-0.39, 0.29) is 0 Å². The molecule has 0 amide bonds. The van der Waals surface area contributed by atoms with Crippen LogP contribution in [0.1, 0.15) is 26.5 Å². The van der Waals surface area contributed by atoms with Crippen LogP contribution >= 0.6 is 0 Å². The summed E-state index contributed by atoms with van der Waals surface area (Å²) in [6.45, 7) is 7.97. The van der Waals surface area contributed by atoms with E-state index in [0.717, 1.165) is 5.69 Å². The van der Waals surface area contributed by atoms with E-state index < -0.39 is 5.79 Å². The minimum atomic E-state index is -0.725. The van der Waals surface area contributed by atoms with Crippen molar-refractivity contribution in [2.75, 3.05) is 19.8 Å². The van der Waals surface area contributed by atoms with Gasteiger partial charge in [0.1, 0.15) is 5.69 Å². The Morgan fingerprint density at radius 2 is 2.06 bits per heavy atom. The second-order valence-electron chi connectivity index (χ2n) is 4.71. The van der Waals surface area contributed by atoms with Crippen molar-refractivity contribution in [2.24, 2.45) is 5.92 Å². The molecule has 0 unspecified atom stereocenters. The van der Waals surface area contributed by atoms with Crippen LogP contribution < -0.4 is 4.74 Å². The van der Waals surface area contributed by atoms with Crippen LogP contribution in [0.15, 0.2) is 18.2 Å². The molecule has 0 radical (unpaired) electrons. The Kier molecular flexibility index (Phi) is 3.64. The molecule has 4 nitrogen and oxygen atoms in total. The highest BCUT2D eigenvalue weighted by Gasteiger charge is 2.34. The van der Waals surface area contributed by atoms with Crippen LogP contribution in [0.25, 0.3) is 0 Å². The fourth-order valence-electron chi connectivity index (χ4n) is 1.66. The van der Waals surface area contributed by atoms with Gasteiger partial charge in [-0.3, -0.25) is 0 Å². The molecule has 0 atom stereocenters. The van der Waals surface area contributed by atoms with Crippen molar-refractivity contribution in [2.45, 2.75) is 26.6 Å². The molecule has 0 bridgehead atoms. The zero-order valence-corrected chi connectivity index (χ0v) is 10.6. The van der Waals surface area contributed by atoms with Crippen LogP contribution in [-0.4, -0.2) is 24.8 Å². The van der Waals surface area contributed by atoms with E-state index in [1.807, 2.05) is 25.1 Å². The summed E-state index contributed by atoms with van der Waals surface area (Å²) in [5.41, 5.74) is 0.760. The van der Waals surface area contributed by atoms with Gasteiger partial charge in [-0.25, -0.2) is 4.98 Å². The molecular formula is C13H19NO3. The third-order valence-corrected chi connectivity index (χ3v) is 2.59. The van der Waals surface area contributed by atoms with Crippen molar-refractivity contribution in [1.82, 2.24) is 4.98 Å². The molecule has 2 rings (SSSR count). The maximum absolute atomic E-state index is 5.59. The number of pyridine rings is 1. The molecule has 0 saturated carbocycles. The second-order valence-corrected chi connectivity index (χ2v) is 4.71. The van der Waals surface area contributed by atoms with E-state index in [2.05, 4.69) is 18.8 Å². The van der Waals surface area contributed by atoms with Crippen LogP contribution in [0.3, 0.4) is 0 Å². The summed E-state index contributed by atoms with van der Waals surface area (Å²) < 4.78 is 16.7. The lowest BCUT2D eigenvalue weighted by Gasteiger charge is -2.21. The maximum Gasteiger partial charge on any atom is 0.213 e. The third-order valence-electron chi connectivity index (χ3n) is 2.59. The van der Waals surface area contributed by atoms with Gasteiger partial charge in [0, 0.05) is 6.07 Å². The number of ether oxygens (including phenoxy) is 3. The summed E-state index contributed by atoms with van der Waals surface area (Å²) >= 11 is 0. The van der Waals surface area contributed by atoms with Crippen LogP contribution in [0.5, 0.6) is 5.88 Å². The fraction of sp³-hybridized carbons (Fsp3) is 0.615. The summed E-state index contributed by atoms with van der Waals surface area (Å²) in [6, 6.07) is 5.66. The van der Waals surface area contributed by atoms with Crippen molar-refractivity contribution < 1.29 is 14.2 Å². The lowest BCUT2D eigenvalue weighted by atomic mass is 10.2. The maximum atomic E-state index is 5.59. The highest BCUT2D eigenvalue weighted by molar-refractivity contribution is 5.19. The highest BCUT2D eigenvalue weighted by atomic mass is 16.7. The zero-order valence-electron chi connectivity index (χ0n) is 10.6. The molecule has 1 fully saturated rings. The van der Waals surface area contributed by atoms with E-state index in [1.54, 1.807) is 0 Å². The molecule has 1 saturated heterocycles.